The van der Waals surface area contributed by atoms with Crippen LogP contribution < -0.4 is 0 Å². The Morgan fingerprint density at radius 3 is 2.69 bits per heavy atom. The molecule has 1 aromatic carbocycles. The van der Waals surface area contributed by atoms with Crippen molar-refractivity contribution < 1.29 is 9.50 Å². The molecular formula is C13H14FNO. The van der Waals surface area contributed by atoms with Gasteiger partial charge in [0.15, 0.2) is 0 Å². The molecule has 0 aliphatic rings. The van der Waals surface area contributed by atoms with Gasteiger partial charge in [-0.15, -0.1) is 0 Å². The fourth-order valence-corrected chi connectivity index (χ4v) is 2.09. The highest BCUT2D eigenvalue weighted by molar-refractivity contribution is 5.83. The molecule has 0 bridgehead atoms. The van der Waals surface area contributed by atoms with Crippen LogP contribution in [-0.2, 0) is 13.0 Å². The van der Waals surface area contributed by atoms with Gasteiger partial charge in [0.1, 0.15) is 5.82 Å². The second-order valence-corrected chi connectivity index (χ2v) is 3.83. The summed E-state index contributed by atoms with van der Waals surface area (Å²) in [7, 11) is 0. The van der Waals surface area contributed by atoms with Gasteiger partial charge in [-0.25, -0.2) is 4.39 Å². The minimum atomic E-state index is -0.267. The molecule has 1 heterocycles. The zero-order valence-corrected chi connectivity index (χ0v) is 9.42. The third-order valence-electron chi connectivity index (χ3n) is 2.88. The van der Waals surface area contributed by atoms with E-state index in [-0.39, 0.29) is 12.4 Å². The molecule has 84 valence electrons. The third kappa shape index (κ3) is 1.67. The zero-order chi connectivity index (χ0) is 11.7. The highest BCUT2D eigenvalue weighted by Crippen LogP contribution is 2.24. The molecule has 3 heteroatoms. The molecule has 0 aliphatic heterocycles. The Labute approximate surface area is 93.8 Å². The molecule has 16 heavy (non-hydrogen) atoms. The van der Waals surface area contributed by atoms with Gasteiger partial charge in [0.2, 0.25) is 0 Å². The summed E-state index contributed by atoms with van der Waals surface area (Å²) in [6, 6.07) is 4.57. The molecule has 1 aromatic heterocycles. The van der Waals surface area contributed by atoms with E-state index in [1.807, 2.05) is 13.8 Å². The Bertz CT molecular complexity index is 537. The number of aliphatic hydroxyl groups is 1. The predicted molar refractivity (Wildman–Crippen MR) is 61.7 cm³/mol. The van der Waals surface area contributed by atoms with Crippen molar-refractivity contribution in [3.8, 4) is 0 Å². The van der Waals surface area contributed by atoms with Crippen LogP contribution in [0.5, 0.6) is 0 Å². The molecule has 0 atom stereocenters. The van der Waals surface area contributed by atoms with Gasteiger partial charge in [-0.05, 0) is 37.1 Å². The summed E-state index contributed by atoms with van der Waals surface area (Å²) in [5, 5.41) is 10.1. The lowest BCUT2D eigenvalue weighted by Gasteiger charge is -2.12. The van der Waals surface area contributed by atoms with Crippen LogP contribution in [0.4, 0.5) is 4.39 Å². The minimum Gasteiger partial charge on any atom is -0.392 e. The van der Waals surface area contributed by atoms with Crippen LogP contribution in [0.2, 0.25) is 0 Å². The Balaban J connectivity index is 2.86. The number of halogens is 1. The minimum absolute atomic E-state index is 0.0472. The number of aliphatic hydroxyl groups excluding tert-OH is 1. The first-order chi connectivity index (χ1) is 7.67. The lowest BCUT2D eigenvalue weighted by Crippen LogP contribution is -2.01. The number of pyridine rings is 1. The zero-order valence-electron chi connectivity index (χ0n) is 9.42. The third-order valence-corrected chi connectivity index (χ3v) is 2.88. The lowest BCUT2D eigenvalue weighted by molar-refractivity contribution is 0.279. The van der Waals surface area contributed by atoms with E-state index in [2.05, 4.69) is 4.98 Å². The summed E-state index contributed by atoms with van der Waals surface area (Å²) >= 11 is 0. The maximum absolute atomic E-state index is 13.2. The summed E-state index contributed by atoms with van der Waals surface area (Å²) in [6.07, 6.45) is 0.763. The first-order valence-corrected chi connectivity index (χ1v) is 5.35. The molecule has 0 radical (unpaired) electrons. The summed E-state index contributed by atoms with van der Waals surface area (Å²) in [5.74, 6) is -0.267. The van der Waals surface area contributed by atoms with Gasteiger partial charge in [-0.2, -0.15) is 0 Å². The fourth-order valence-electron chi connectivity index (χ4n) is 2.09. The van der Waals surface area contributed by atoms with Crippen LogP contribution in [0.15, 0.2) is 18.2 Å². The topological polar surface area (TPSA) is 33.1 Å². The van der Waals surface area contributed by atoms with E-state index >= 15 is 0 Å². The number of aromatic nitrogens is 1. The van der Waals surface area contributed by atoms with Crippen LogP contribution in [0.25, 0.3) is 10.9 Å². The van der Waals surface area contributed by atoms with E-state index in [1.54, 1.807) is 6.07 Å². The second kappa shape index (κ2) is 4.18. The monoisotopic (exact) mass is 219 g/mol. The van der Waals surface area contributed by atoms with Crippen molar-refractivity contribution in [3.05, 3.63) is 40.8 Å². The smallest absolute Gasteiger partial charge is 0.123 e. The van der Waals surface area contributed by atoms with Gasteiger partial charge >= 0.3 is 0 Å². The first kappa shape index (κ1) is 11.0. The van der Waals surface area contributed by atoms with Crippen molar-refractivity contribution in [1.29, 1.82) is 0 Å². The molecule has 1 N–H and O–H groups in total. The van der Waals surface area contributed by atoms with Crippen molar-refractivity contribution in [1.82, 2.24) is 4.98 Å². The number of hydrogen-bond donors (Lipinski definition) is 1. The molecule has 0 amide bonds. The molecule has 0 spiro atoms. The van der Waals surface area contributed by atoms with Crippen molar-refractivity contribution in [2.75, 3.05) is 0 Å². The van der Waals surface area contributed by atoms with E-state index < -0.39 is 0 Å². The van der Waals surface area contributed by atoms with Crippen molar-refractivity contribution in [2.45, 2.75) is 26.9 Å². The fraction of sp³-hybridized carbons (Fsp3) is 0.308. The highest BCUT2D eigenvalue weighted by Gasteiger charge is 2.10. The molecular weight excluding hydrogens is 205 g/mol. The molecule has 0 saturated carbocycles. The number of nitrogens with zero attached hydrogens (tertiary/aromatic N) is 1. The van der Waals surface area contributed by atoms with Crippen molar-refractivity contribution in [3.63, 3.8) is 0 Å². The Morgan fingerprint density at radius 1 is 1.31 bits per heavy atom. The van der Waals surface area contributed by atoms with E-state index in [1.165, 1.54) is 12.1 Å². The van der Waals surface area contributed by atoms with Gasteiger partial charge < -0.3 is 5.11 Å². The van der Waals surface area contributed by atoms with E-state index in [4.69, 9.17) is 0 Å². The summed E-state index contributed by atoms with van der Waals surface area (Å²) < 4.78 is 13.2. The number of aryl methyl sites for hydroxylation is 2. The molecule has 2 nitrogen and oxygen atoms in total. The number of fused-ring (bicyclic) bond motifs is 1. The maximum Gasteiger partial charge on any atom is 0.123 e. The van der Waals surface area contributed by atoms with Gasteiger partial charge in [0.05, 0.1) is 12.1 Å². The molecule has 0 aliphatic carbocycles. The SMILES string of the molecule is CCc1c(CO)c(C)nc2ccc(F)cc12. The predicted octanol–water partition coefficient (Wildman–Crippen LogP) is 2.74. The Hall–Kier alpha value is -1.48. The van der Waals surface area contributed by atoms with Crippen LogP contribution in [0, 0.1) is 12.7 Å². The average molecular weight is 219 g/mol. The van der Waals surface area contributed by atoms with Gasteiger partial charge in [0.25, 0.3) is 0 Å². The summed E-state index contributed by atoms with van der Waals surface area (Å²) in [4.78, 5) is 4.37. The lowest BCUT2D eigenvalue weighted by atomic mass is 9.99. The van der Waals surface area contributed by atoms with Gasteiger partial charge in [0, 0.05) is 16.6 Å². The Kier molecular flexibility index (Phi) is 2.88. The van der Waals surface area contributed by atoms with E-state index in [0.29, 0.717) is 0 Å². The van der Waals surface area contributed by atoms with Crippen LogP contribution in [-0.4, -0.2) is 10.1 Å². The van der Waals surface area contributed by atoms with Crippen molar-refractivity contribution >= 4 is 10.9 Å². The van der Waals surface area contributed by atoms with Gasteiger partial charge in [-0.1, -0.05) is 6.92 Å². The standard InChI is InChI=1S/C13H14FNO/c1-3-10-11-6-9(14)4-5-13(11)15-8(2)12(10)7-16/h4-6,16H,3,7H2,1-2H3. The average Bonchev–Trinajstić information content (AvgIpc) is 2.28. The second-order valence-electron chi connectivity index (χ2n) is 3.83. The summed E-state index contributed by atoms with van der Waals surface area (Å²) in [6.45, 7) is 3.82. The quantitative estimate of drug-likeness (QED) is 0.842. The van der Waals surface area contributed by atoms with Crippen molar-refractivity contribution in [2.24, 2.45) is 0 Å². The largest absolute Gasteiger partial charge is 0.392 e. The van der Waals surface area contributed by atoms with Crippen LogP contribution in [0.1, 0.15) is 23.7 Å². The molecule has 2 aromatic rings. The number of rotatable bonds is 2. The number of hydrogen-bond acceptors (Lipinski definition) is 2. The normalized spacial score (nSPS) is 11.0. The molecule has 0 saturated heterocycles. The number of benzene rings is 1. The first-order valence-electron chi connectivity index (χ1n) is 5.35. The van der Waals surface area contributed by atoms with Crippen LogP contribution >= 0.6 is 0 Å². The summed E-state index contributed by atoms with van der Waals surface area (Å²) in [5.41, 5.74) is 3.41. The molecule has 0 fully saturated rings. The highest BCUT2D eigenvalue weighted by atomic mass is 19.1. The Morgan fingerprint density at radius 2 is 2.06 bits per heavy atom. The molecule has 2 rings (SSSR count). The van der Waals surface area contributed by atoms with Crippen LogP contribution in [0.3, 0.4) is 0 Å². The maximum atomic E-state index is 13.2. The van der Waals surface area contributed by atoms with E-state index in [9.17, 15) is 9.50 Å². The molecule has 0 unspecified atom stereocenters. The van der Waals surface area contributed by atoms with E-state index in [0.717, 1.165) is 34.1 Å². The van der Waals surface area contributed by atoms with Gasteiger partial charge in [-0.3, -0.25) is 4.98 Å².